The second-order valence-corrected chi connectivity index (χ2v) is 5.41. The molecule has 0 aromatic rings. The zero-order valence-corrected chi connectivity index (χ0v) is 11.7. The monoisotopic (exact) mass is 261 g/mol. The number of methoxy groups -OCH3 is 2. The standard InChI is InChI=1S/C12H23NO5/c1-11(2,3)18-10(15)13-7-6-12(16-4,17-5)9(14)8-13/h9,14H,6-8H2,1-5H3/t9-/m1/s1. The van der Waals surface area contributed by atoms with Crippen molar-refractivity contribution in [2.75, 3.05) is 27.3 Å². The minimum absolute atomic E-state index is 0.136. The van der Waals surface area contributed by atoms with Crippen LogP contribution in [0.5, 0.6) is 0 Å². The van der Waals surface area contributed by atoms with Crippen LogP contribution < -0.4 is 0 Å². The Kier molecular flexibility index (Phi) is 4.58. The number of nitrogens with zero attached hydrogens (tertiary/aromatic N) is 1. The lowest BCUT2D eigenvalue weighted by Crippen LogP contribution is -2.59. The zero-order valence-electron chi connectivity index (χ0n) is 11.7. The van der Waals surface area contributed by atoms with Crippen molar-refractivity contribution < 1.29 is 24.1 Å². The molecule has 1 aliphatic rings. The maximum Gasteiger partial charge on any atom is 0.410 e. The van der Waals surface area contributed by atoms with Gasteiger partial charge in [0.05, 0.1) is 6.54 Å². The Bertz CT molecular complexity index is 295. The number of likely N-dealkylation sites (tertiary alicyclic amines) is 1. The molecule has 0 saturated carbocycles. The van der Waals surface area contributed by atoms with E-state index in [1.54, 1.807) is 20.8 Å². The molecule has 18 heavy (non-hydrogen) atoms. The molecule has 1 heterocycles. The lowest BCUT2D eigenvalue weighted by molar-refractivity contribution is -0.276. The van der Waals surface area contributed by atoms with E-state index < -0.39 is 23.6 Å². The van der Waals surface area contributed by atoms with Crippen molar-refractivity contribution >= 4 is 6.09 Å². The molecule has 0 radical (unpaired) electrons. The minimum atomic E-state index is -1.03. The molecule has 0 aliphatic carbocycles. The molecule has 0 aromatic heterocycles. The maximum atomic E-state index is 11.9. The predicted molar refractivity (Wildman–Crippen MR) is 65.2 cm³/mol. The van der Waals surface area contributed by atoms with Crippen LogP contribution in [-0.2, 0) is 14.2 Å². The Labute approximate surface area is 108 Å². The van der Waals surface area contributed by atoms with Crippen LogP contribution in [0.25, 0.3) is 0 Å². The van der Waals surface area contributed by atoms with Crippen LogP contribution in [0.15, 0.2) is 0 Å². The highest BCUT2D eigenvalue weighted by molar-refractivity contribution is 5.68. The molecule has 1 aliphatic heterocycles. The van der Waals surface area contributed by atoms with Crippen molar-refractivity contribution in [2.24, 2.45) is 0 Å². The average molecular weight is 261 g/mol. The summed E-state index contributed by atoms with van der Waals surface area (Å²) < 4.78 is 15.7. The molecule has 1 saturated heterocycles. The predicted octanol–water partition coefficient (Wildman–Crippen LogP) is 0.977. The molecular weight excluding hydrogens is 238 g/mol. The Morgan fingerprint density at radius 1 is 1.33 bits per heavy atom. The van der Waals surface area contributed by atoms with Gasteiger partial charge in [-0.05, 0) is 20.8 Å². The third-order valence-corrected chi connectivity index (χ3v) is 2.97. The Hall–Kier alpha value is -0.850. The molecule has 0 spiro atoms. The first kappa shape index (κ1) is 15.2. The summed E-state index contributed by atoms with van der Waals surface area (Å²) in [6.45, 7) is 5.98. The summed E-state index contributed by atoms with van der Waals surface area (Å²) in [6, 6.07) is 0. The van der Waals surface area contributed by atoms with Crippen molar-refractivity contribution in [3.8, 4) is 0 Å². The van der Waals surface area contributed by atoms with E-state index in [9.17, 15) is 9.90 Å². The summed E-state index contributed by atoms with van der Waals surface area (Å²) in [7, 11) is 2.96. The van der Waals surface area contributed by atoms with Gasteiger partial charge in [-0.3, -0.25) is 0 Å². The first-order valence-electron chi connectivity index (χ1n) is 6.00. The molecule has 0 unspecified atom stereocenters. The van der Waals surface area contributed by atoms with Crippen LogP contribution in [-0.4, -0.2) is 60.9 Å². The van der Waals surface area contributed by atoms with Crippen molar-refractivity contribution in [3.63, 3.8) is 0 Å². The largest absolute Gasteiger partial charge is 0.444 e. The first-order valence-corrected chi connectivity index (χ1v) is 6.00. The number of carbonyl (C=O) groups is 1. The van der Waals surface area contributed by atoms with E-state index in [0.717, 1.165) is 0 Å². The first-order chi connectivity index (χ1) is 8.24. The number of rotatable bonds is 2. The van der Waals surface area contributed by atoms with Gasteiger partial charge in [0.2, 0.25) is 0 Å². The molecular formula is C12H23NO5. The number of hydrogen-bond acceptors (Lipinski definition) is 5. The quantitative estimate of drug-likeness (QED) is 0.750. The van der Waals surface area contributed by atoms with E-state index in [-0.39, 0.29) is 6.54 Å². The number of carbonyl (C=O) groups excluding carboxylic acids is 1. The molecule has 1 rings (SSSR count). The van der Waals surface area contributed by atoms with Crippen molar-refractivity contribution in [1.82, 2.24) is 4.90 Å². The molecule has 1 N–H and O–H groups in total. The molecule has 0 aromatic carbocycles. The van der Waals surface area contributed by atoms with Gasteiger partial charge in [0, 0.05) is 27.2 Å². The number of hydrogen-bond donors (Lipinski definition) is 1. The second kappa shape index (κ2) is 5.42. The van der Waals surface area contributed by atoms with Gasteiger partial charge < -0.3 is 24.2 Å². The maximum absolute atomic E-state index is 11.9. The molecule has 1 atom stereocenters. The highest BCUT2D eigenvalue weighted by atomic mass is 16.7. The fourth-order valence-electron chi connectivity index (χ4n) is 1.95. The Balaban J connectivity index is 2.63. The second-order valence-electron chi connectivity index (χ2n) is 5.41. The summed E-state index contributed by atoms with van der Waals surface area (Å²) in [5.41, 5.74) is -0.543. The lowest BCUT2D eigenvalue weighted by Gasteiger charge is -2.43. The Morgan fingerprint density at radius 2 is 1.89 bits per heavy atom. The highest BCUT2D eigenvalue weighted by Gasteiger charge is 2.44. The highest BCUT2D eigenvalue weighted by Crippen LogP contribution is 2.27. The molecule has 1 amide bonds. The van der Waals surface area contributed by atoms with Crippen molar-refractivity contribution in [1.29, 1.82) is 0 Å². The van der Waals surface area contributed by atoms with E-state index >= 15 is 0 Å². The number of β-amino-alcohol motifs (C(OH)–C–C–N with tert-alkyl or cyclic N) is 1. The van der Waals surface area contributed by atoms with Crippen LogP contribution in [0.1, 0.15) is 27.2 Å². The van der Waals surface area contributed by atoms with Crippen molar-refractivity contribution in [2.45, 2.75) is 44.7 Å². The number of ether oxygens (including phenoxy) is 3. The van der Waals surface area contributed by atoms with Crippen LogP contribution in [0.3, 0.4) is 0 Å². The number of amides is 1. The summed E-state index contributed by atoms with van der Waals surface area (Å²) in [5.74, 6) is -1.03. The van der Waals surface area contributed by atoms with E-state index in [2.05, 4.69) is 0 Å². The summed E-state index contributed by atoms with van der Waals surface area (Å²) >= 11 is 0. The smallest absolute Gasteiger partial charge is 0.410 e. The van der Waals surface area contributed by atoms with Crippen LogP contribution >= 0.6 is 0 Å². The molecule has 6 heteroatoms. The third-order valence-electron chi connectivity index (χ3n) is 2.97. The van der Waals surface area contributed by atoms with Gasteiger partial charge in [-0.15, -0.1) is 0 Å². The van der Waals surface area contributed by atoms with Gasteiger partial charge in [-0.2, -0.15) is 0 Å². The van der Waals surface area contributed by atoms with E-state index in [0.29, 0.717) is 13.0 Å². The number of aliphatic hydroxyl groups is 1. The lowest BCUT2D eigenvalue weighted by atomic mass is 10.0. The zero-order chi connectivity index (χ0) is 14.0. The minimum Gasteiger partial charge on any atom is -0.444 e. The topological polar surface area (TPSA) is 68.2 Å². The van der Waals surface area contributed by atoms with Gasteiger partial charge in [0.15, 0.2) is 5.79 Å². The van der Waals surface area contributed by atoms with Crippen LogP contribution in [0.2, 0.25) is 0 Å². The van der Waals surface area contributed by atoms with Crippen LogP contribution in [0, 0.1) is 0 Å². The Morgan fingerprint density at radius 3 is 2.28 bits per heavy atom. The SMILES string of the molecule is COC1(OC)CCN(C(=O)OC(C)(C)C)C[C@H]1O. The van der Waals surface area contributed by atoms with Gasteiger partial charge in [-0.25, -0.2) is 4.79 Å². The summed E-state index contributed by atoms with van der Waals surface area (Å²) in [5, 5.41) is 10.0. The molecule has 106 valence electrons. The number of piperidine rings is 1. The molecule has 0 bridgehead atoms. The number of aliphatic hydroxyl groups excluding tert-OH is 1. The van der Waals surface area contributed by atoms with Gasteiger partial charge >= 0.3 is 6.09 Å². The fraction of sp³-hybridized carbons (Fsp3) is 0.917. The summed E-state index contributed by atoms with van der Waals surface area (Å²) in [6.07, 6.45) is -0.920. The van der Waals surface area contributed by atoms with Gasteiger partial charge in [0.1, 0.15) is 11.7 Å². The normalized spacial score (nSPS) is 23.9. The van der Waals surface area contributed by atoms with Gasteiger partial charge in [0.25, 0.3) is 0 Å². The van der Waals surface area contributed by atoms with Crippen molar-refractivity contribution in [3.05, 3.63) is 0 Å². The molecule has 1 fully saturated rings. The fourth-order valence-corrected chi connectivity index (χ4v) is 1.95. The van der Waals surface area contributed by atoms with E-state index in [4.69, 9.17) is 14.2 Å². The third kappa shape index (κ3) is 3.34. The van der Waals surface area contributed by atoms with E-state index in [1.165, 1.54) is 19.1 Å². The van der Waals surface area contributed by atoms with Crippen LogP contribution in [0.4, 0.5) is 4.79 Å². The van der Waals surface area contributed by atoms with E-state index in [1.807, 2.05) is 0 Å². The average Bonchev–Trinajstić information content (AvgIpc) is 2.27. The van der Waals surface area contributed by atoms with Gasteiger partial charge in [-0.1, -0.05) is 0 Å². The molecule has 6 nitrogen and oxygen atoms in total. The summed E-state index contributed by atoms with van der Waals surface area (Å²) in [4.78, 5) is 13.3.